The fraction of sp³-hybridized carbons (Fsp3) is 0.0714. The molecule has 0 aliphatic heterocycles. The van der Waals surface area contributed by atoms with Gasteiger partial charge >= 0.3 is 0 Å². The van der Waals surface area contributed by atoms with Crippen LogP contribution in [-0.2, 0) is 11.2 Å². The highest BCUT2D eigenvalue weighted by Gasteiger charge is 2.10. The van der Waals surface area contributed by atoms with Gasteiger partial charge in [0.1, 0.15) is 12.0 Å². The van der Waals surface area contributed by atoms with Gasteiger partial charge in [-0.3, -0.25) is 0 Å². The maximum atomic E-state index is 13.6. The number of benzene rings is 2. The molecule has 3 heteroatoms. The molecule has 0 unspecified atom stereocenters. The fourth-order valence-corrected chi connectivity index (χ4v) is 1.52. The van der Waals surface area contributed by atoms with Crippen molar-refractivity contribution in [3.05, 3.63) is 59.9 Å². The van der Waals surface area contributed by atoms with Gasteiger partial charge in [0.15, 0.2) is 11.6 Å². The van der Waals surface area contributed by atoms with Crippen molar-refractivity contribution in [2.45, 2.75) is 6.42 Å². The normalized spacial score (nSPS) is 9.94. The highest BCUT2D eigenvalue weighted by molar-refractivity contribution is 5.58. The second-order valence-electron chi connectivity index (χ2n) is 3.51. The predicted molar refractivity (Wildman–Crippen MR) is 62.7 cm³/mol. The first kappa shape index (κ1) is 11.3. The number of para-hydroxylation sites is 2. The van der Waals surface area contributed by atoms with E-state index in [1.807, 2.05) is 6.07 Å². The summed E-state index contributed by atoms with van der Waals surface area (Å²) in [5.41, 5.74) is 0.545. The Morgan fingerprint density at radius 2 is 1.82 bits per heavy atom. The van der Waals surface area contributed by atoms with Crippen molar-refractivity contribution in [1.29, 1.82) is 0 Å². The van der Waals surface area contributed by atoms with Gasteiger partial charge < -0.3 is 9.53 Å². The SMILES string of the molecule is O=CCc1cccc(F)c1Oc1ccccc1. The van der Waals surface area contributed by atoms with Gasteiger partial charge in [0.2, 0.25) is 0 Å². The Labute approximate surface area is 98.7 Å². The Bertz CT molecular complexity index is 509. The summed E-state index contributed by atoms with van der Waals surface area (Å²) in [7, 11) is 0. The van der Waals surface area contributed by atoms with Crippen LogP contribution >= 0.6 is 0 Å². The smallest absolute Gasteiger partial charge is 0.166 e. The molecule has 86 valence electrons. The lowest BCUT2D eigenvalue weighted by atomic mass is 10.1. The van der Waals surface area contributed by atoms with Crippen molar-refractivity contribution in [3.8, 4) is 11.5 Å². The van der Waals surface area contributed by atoms with E-state index in [-0.39, 0.29) is 12.2 Å². The minimum atomic E-state index is -0.465. The van der Waals surface area contributed by atoms with E-state index in [1.165, 1.54) is 6.07 Å². The van der Waals surface area contributed by atoms with Crippen molar-refractivity contribution in [2.75, 3.05) is 0 Å². The number of ether oxygens (including phenoxy) is 1. The molecule has 0 saturated carbocycles. The van der Waals surface area contributed by atoms with Crippen LogP contribution in [0.1, 0.15) is 5.56 Å². The quantitative estimate of drug-likeness (QED) is 0.753. The van der Waals surface area contributed by atoms with Crippen LogP contribution in [-0.4, -0.2) is 6.29 Å². The van der Waals surface area contributed by atoms with Crippen LogP contribution < -0.4 is 4.74 Å². The van der Waals surface area contributed by atoms with Crippen molar-refractivity contribution < 1.29 is 13.9 Å². The molecular weight excluding hydrogens is 219 g/mol. The Hall–Kier alpha value is -2.16. The summed E-state index contributed by atoms with van der Waals surface area (Å²) in [6.07, 6.45) is 0.868. The molecule has 17 heavy (non-hydrogen) atoms. The van der Waals surface area contributed by atoms with E-state index in [4.69, 9.17) is 4.74 Å². The van der Waals surface area contributed by atoms with E-state index in [9.17, 15) is 9.18 Å². The lowest BCUT2D eigenvalue weighted by molar-refractivity contribution is -0.107. The van der Waals surface area contributed by atoms with E-state index in [0.717, 1.165) is 6.29 Å². The average molecular weight is 230 g/mol. The molecule has 0 spiro atoms. The summed E-state index contributed by atoms with van der Waals surface area (Å²) in [4.78, 5) is 10.5. The molecule has 0 saturated heterocycles. The van der Waals surface area contributed by atoms with Gasteiger partial charge in [-0.25, -0.2) is 4.39 Å². The Morgan fingerprint density at radius 3 is 2.53 bits per heavy atom. The fourth-order valence-electron chi connectivity index (χ4n) is 1.52. The molecule has 0 aromatic heterocycles. The third kappa shape index (κ3) is 2.69. The van der Waals surface area contributed by atoms with Gasteiger partial charge in [0.05, 0.1) is 0 Å². The van der Waals surface area contributed by atoms with Gasteiger partial charge in [-0.15, -0.1) is 0 Å². The molecule has 0 aliphatic rings. The zero-order valence-electron chi connectivity index (χ0n) is 9.10. The third-order valence-electron chi connectivity index (χ3n) is 2.31. The first-order valence-electron chi connectivity index (χ1n) is 5.25. The van der Waals surface area contributed by atoms with Crippen molar-refractivity contribution in [2.24, 2.45) is 0 Å². The molecule has 0 heterocycles. The van der Waals surface area contributed by atoms with E-state index in [0.29, 0.717) is 11.3 Å². The van der Waals surface area contributed by atoms with Crippen LogP contribution in [0.15, 0.2) is 48.5 Å². The maximum Gasteiger partial charge on any atom is 0.166 e. The molecule has 2 nitrogen and oxygen atoms in total. The van der Waals surface area contributed by atoms with E-state index in [1.54, 1.807) is 36.4 Å². The summed E-state index contributed by atoms with van der Waals surface area (Å²) in [5.74, 6) is 0.198. The first-order chi connectivity index (χ1) is 8.31. The van der Waals surface area contributed by atoms with Crippen LogP contribution in [0.3, 0.4) is 0 Å². The van der Waals surface area contributed by atoms with E-state index in [2.05, 4.69) is 0 Å². The Balaban J connectivity index is 2.34. The summed E-state index contributed by atoms with van der Waals surface area (Å²) in [6.45, 7) is 0. The summed E-state index contributed by atoms with van der Waals surface area (Å²) in [5, 5.41) is 0. The monoisotopic (exact) mass is 230 g/mol. The van der Waals surface area contributed by atoms with Crippen LogP contribution in [0.5, 0.6) is 11.5 Å². The third-order valence-corrected chi connectivity index (χ3v) is 2.31. The number of hydrogen-bond donors (Lipinski definition) is 0. The Morgan fingerprint density at radius 1 is 1.06 bits per heavy atom. The molecule has 0 amide bonds. The molecule has 2 aromatic carbocycles. The lowest BCUT2D eigenvalue weighted by Gasteiger charge is -2.10. The van der Waals surface area contributed by atoms with Gasteiger partial charge in [-0.1, -0.05) is 30.3 Å². The summed E-state index contributed by atoms with van der Waals surface area (Å²) in [6, 6.07) is 13.5. The topological polar surface area (TPSA) is 26.3 Å². The number of aldehydes is 1. The largest absolute Gasteiger partial charge is 0.454 e. The van der Waals surface area contributed by atoms with Crippen LogP contribution in [0, 0.1) is 5.82 Å². The van der Waals surface area contributed by atoms with Gasteiger partial charge in [0, 0.05) is 12.0 Å². The number of hydrogen-bond acceptors (Lipinski definition) is 2. The molecule has 0 atom stereocenters. The van der Waals surface area contributed by atoms with Crippen LogP contribution in [0.25, 0.3) is 0 Å². The number of carbonyl (C=O) groups is 1. The minimum absolute atomic E-state index is 0.116. The predicted octanol–water partition coefficient (Wildman–Crippen LogP) is 3.36. The molecule has 0 aliphatic carbocycles. The summed E-state index contributed by atoms with van der Waals surface area (Å²) < 4.78 is 19.1. The maximum absolute atomic E-state index is 13.6. The van der Waals surface area contributed by atoms with Crippen molar-refractivity contribution in [3.63, 3.8) is 0 Å². The standard InChI is InChI=1S/C14H11FO2/c15-13-8-4-5-11(9-10-16)14(13)17-12-6-2-1-3-7-12/h1-8,10H,9H2. The molecule has 0 N–H and O–H groups in total. The molecule has 2 rings (SSSR count). The zero-order chi connectivity index (χ0) is 12.1. The number of carbonyl (C=O) groups excluding carboxylic acids is 1. The number of rotatable bonds is 4. The average Bonchev–Trinajstić information content (AvgIpc) is 2.35. The van der Waals surface area contributed by atoms with Gasteiger partial charge in [0.25, 0.3) is 0 Å². The van der Waals surface area contributed by atoms with Crippen LogP contribution in [0.2, 0.25) is 0 Å². The van der Waals surface area contributed by atoms with Crippen molar-refractivity contribution in [1.82, 2.24) is 0 Å². The van der Waals surface area contributed by atoms with Gasteiger partial charge in [-0.2, -0.15) is 0 Å². The molecule has 0 bridgehead atoms. The minimum Gasteiger partial charge on any atom is -0.454 e. The van der Waals surface area contributed by atoms with E-state index >= 15 is 0 Å². The first-order valence-corrected chi connectivity index (χ1v) is 5.25. The number of halogens is 1. The van der Waals surface area contributed by atoms with Crippen molar-refractivity contribution >= 4 is 6.29 Å². The molecule has 2 aromatic rings. The molecule has 0 fully saturated rings. The Kier molecular flexibility index (Phi) is 3.50. The zero-order valence-corrected chi connectivity index (χ0v) is 9.10. The lowest BCUT2D eigenvalue weighted by Crippen LogP contribution is -1.95. The highest BCUT2D eigenvalue weighted by Crippen LogP contribution is 2.28. The highest BCUT2D eigenvalue weighted by atomic mass is 19.1. The second-order valence-corrected chi connectivity index (χ2v) is 3.51. The van der Waals surface area contributed by atoms with E-state index < -0.39 is 5.82 Å². The summed E-state index contributed by atoms with van der Waals surface area (Å²) >= 11 is 0. The molecule has 0 radical (unpaired) electrons. The second kappa shape index (κ2) is 5.25. The molecular formula is C14H11FO2. The van der Waals surface area contributed by atoms with Gasteiger partial charge in [-0.05, 0) is 18.2 Å². The van der Waals surface area contributed by atoms with Crippen LogP contribution in [0.4, 0.5) is 4.39 Å².